The molecule has 3 heterocycles. The predicted octanol–water partition coefficient (Wildman–Crippen LogP) is 4.13. The molecule has 1 saturated heterocycles. The summed E-state index contributed by atoms with van der Waals surface area (Å²) >= 11 is 0.928. The number of carbonyl (C=O) groups is 3. The van der Waals surface area contributed by atoms with E-state index in [1.54, 1.807) is 50.4 Å². The minimum Gasteiger partial charge on any atom is -0.507 e. The number of benzene rings is 1. The van der Waals surface area contributed by atoms with Crippen molar-refractivity contribution in [3.63, 3.8) is 0 Å². The van der Waals surface area contributed by atoms with Gasteiger partial charge >= 0.3 is 11.9 Å². The number of thiazole rings is 1. The fraction of sp³-hybridized carbons (Fsp3) is 0.192. The van der Waals surface area contributed by atoms with E-state index in [0.717, 1.165) is 16.9 Å². The highest BCUT2D eigenvalue weighted by Gasteiger charge is 2.48. The SMILES string of the molecule is C=CCOC(=O)c1sc(N2C(=O)C(=O)C(=C(O)c3ccc(OC)c(C)c3)[C@H]2c2cccnc2)nc1C. The zero-order valence-corrected chi connectivity index (χ0v) is 20.7. The van der Waals surface area contributed by atoms with Gasteiger partial charge in [-0.25, -0.2) is 9.78 Å². The minimum absolute atomic E-state index is 0.0208. The number of nitrogens with zero attached hydrogens (tertiary/aromatic N) is 3. The van der Waals surface area contributed by atoms with Gasteiger partial charge in [0.1, 0.15) is 23.0 Å². The van der Waals surface area contributed by atoms with Crippen LogP contribution in [0.15, 0.2) is 61.0 Å². The summed E-state index contributed by atoms with van der Waals surface area (Å²) in [5.74, 6) is -2.09. The molecule has 0 aliphatic carbocycles. The molecule has 1 amide bonds. The van der Waals surface area contributed by atoms with E-state index < -0.39 is 23.7 Å². The van der Waals surface area contributed by atoms with Gasteiger partial charge in [-0.2, -0.15) is 0 Å². The Labute approximate surface area is 211 Å². The molecule has 0 radical (unpaired) electrons. The number of rotatable bonds is 7. The Morgan fingerprint density at radius 2 is 2.06 bits per heavy atom. The third-order valence-corrected chi connectivity index (χ3v) is 6.76. The fourth-order valence-corrected chi connectivity index (χ4v) is 4.93. The second-order valence-corrected chi connectivity index (χ2v) is 8.92. The molecule has 184 valence electrons. The lowest BCUT2D eigenvalue weighted by atomic mass is 9.96. The molecule has 0 saturated carbocycles. The van der Waals surface area contributed by atoms with Gasteiger partial charge < -0.3 is 14.6 Å². The molecule has 1 N–H and O–H groups in total. The van der Waals surface area contributed by atoms with E-state index in [0.29, 0.717) is 22.6 Å². The summed E-state index contributed by atoms with van der Waals surface area (Å²) in [6.45, 7) is 6.96. The van der Waals surface area contributed by atoms with Gasteiger partial charge in [0.25, 0.3) is 5.78 Å². The zero-order valence-electron chi connectivity index (χ0n) is 19.8. The van der Waals surface area contributed by atoms with Crippen LogP contribution in [0.3, 0.4) is 0 Å². The number of ketones is 1. The van der Waals surface area contributed by atoms with Gasteiger partial charge in [0.15, 0.2) is 5.13 Å². The molecule has 9 nitrogen and oxygen atoms in total. The van der Waals surface area contributed by atoms with Crippen molar-refractivity contribution in [3.8, 4) is 5.75 Å². The summed E-state index contributed by atoms with van der Waals surface area (Å²) in [5.41, 5.74) is 1.83. The Balaban J connectivity index is 1.87. The van der Waals surface area contributed by atoms with E-state index in [1.807, 2.05) is 0 Å². The molecular formula is C26H23N3O6S. The summed E-state index contributed by atoms with van der Waals surface area (Å²) in [5, 5.41) is 11.4. The lowest BCUT2D eigenvalue weighted by Gasteiger charge is -2.22. The number of aromatic nitrogens is 2. The molecule has 2 aromatic heterocycles. The number of hydrogen-bond acceptors (Lipinski definition) is 9. The highest BCUT2D eigenvalue weighted by Crippen LogP contribution is 2.44. The Kier molecular flexibility index (Phi) is 6.98. The summed E-state index contributed by atoms with van der Waals surface area (Å²) in [4.78, 5) is 48.9. The van der Waals surface area contributed by atoms with Gasteiger partial charge in [-0.15, -0.1) is 0 Å². The second kappa shape index (κ2) is 10.1. The molecule has 10 heteroatoms. The van der Waals surface area contributed by atoms with Crippen LogP contribution >= 0.6 is 11.3 Å². The van der Waals surface area contributed by atoms with Gasteiger partial charge in [-0.3, -0.25) is 19.5 Å². The van der Waals surface area contributed by atoms with Crippen molar-refractivity contribution in [1.82, 2.24) is 9.97 Å². The van der Waals surface area contributed by atoms with Gasteiger partial charge in [0.05, 0.1) is 24.4 Å². The first-order chi connectivity index (χ1) is 17.3. The van der Waals surface area contributed by atoms with Crippen LogP contribution in [0.5, 0.6) is 5.75 Å². The van der Waals surface area contributed by atoms with Gasteiger partial charge in [0.2, 0.25) is 0 Å². The minimum atomic E-state index is -1.01. The summed E-state index contributed by atoms with van der Waals surface area (Å²) in [7, 11) is 1.53. The van der Waals surface area contributed by atoms with Gasteiger partial charge in [0, 0.05) is 18.0 Å². The van der Waals surface area contributed by atoms with Crippen LogP contribution in [0.2, 0.25) is 0 Å². The number of pyridine rings is 1. The maximum atomic E-state index is 13.3. The Morgan fingerprint density at radius 3 is 2.69 bits per heavy atom. The monoisotopic (exact) mass is 505 g/mol. The van der Waals surface area contributed by atoms with Crippen molar-refractivity contribution in [3.05, 3.63) is 88.2 Å². The number of Topliss-reactive ketones (excluding diaryl/α,β-unsaturated/α-hetero) is 1. The van der Waals surface area contributed by atoms with Gasteiger partial charge in [-0.05, 0) is 49.2 Å². The molecule has 1 fully saturated rings. The Hall–Kier alpha value is -4.31. The van der Waals surface area contributed by atoms with E-state index >= 15 is 0 Å². The topological polar surface area (TPSA) is 119 Å². The average molecular weight is 506 g/mol. The number of anilines is 1. The highest BCUT2D eigenvalue weighted by atomic mass is 32.1. The van der Waals surface area contributed by atoms with E-state index in [4.69, 9.17) is 9.47 Å². The molecule has 1 atom stereocenters. The van der Waals surface area contributed by atoms with Crippen LogP contribution in [0.4, 0.5) is 5.13 Å². The number of carbonyl (C=O) groups excluding carboxylic acids is 3. The Bertz CT molecular complexity index is 1400. The molecule has 0 bridgehead atoms. The number of esters is 1. The molecule has 3 aromatic rings. The molecule has 0 spiro atoms. The van der Waals surface area contributed by atoms with Crippen molar-refractivity contribution >= 4 is 39.9 Å². The third-order valence-electron chi connectivity index (χ3n) is 5.62. The second-order valence-electron chi connectivity index (χ2n) is 7.94. The number of aliphatic hydroxyl groups is 1. The molecule has 1 aromatic carbocycles. The first-order valence-corrected chi connectivity index (χ1v) is 11.7. The van der Waals surface area contributed by atoms with E-state index in [-0.39, 0.29) is 27.9 Å². The number of aliphatic hydroxyl groups excluding tert-OH is 1. The first kappa shape index (κ1) is 24.8. The largest absolute Gasteiger partial charge is 0.507 e. The van der Waals surface area contributed by atoms with Crippen LogP contribution in [0, 0.1) is 13.8 Å². The molecular weight excluding hydrogens is 482 g/mol. The predicted molar refractivity (Wildman–Crippen MR) is 134 cm³/mol. The first-order valence-electron chi connectivity index (χ1n) is 10.9. The average Bonchev–Trinajstić information content (AvgIpc) is 3.39. The van der Waals surface area contributed by atoms with Crippen LogP contribution in [-0.4, -0.2) is 46.5 Å². The fourth-order valence-electron chi connectivity index (χ4n) is 3.94. The molecule has 36 heavy (non-hydrogen) atoms. The van der Waals surface area contributed by atoms with Gasteiger partial charge in [-0.1, -0.05) is 30.1 Å². The standard InChI is InChI=1S/C26H23N3O6S/c1-5-11-35-25(33)23-15(3)28-26(36-23)29-20(17-7-6-10-27-13-17)19(22(31)24(29)32)21(30)16-8-9-18(34-4)14(2)12-16/h5-10,12-13,20,30H,1,11H2,2-4H3/t20-/m1/s1. The molecule has 4 rings (SSSR count). The van der Waals surface area contributed by atoms with Crippen molar-refractivity contribution in [2.75, 3.05) is 18.6 Å². The smallest absolute Gasteiger partial charge is 0.350 e. The Morgan fingerprint density at radius 1 is 1.28 bits per heavy atom. The lowest BCUT2D eigenvalue weighted by molar-refractivity contribution is -0.132. The van der Waals surface area contributed by atoms with Crippen LogP contribution < -0.4 is 9.64 Å². The highest BCUT2D eigenvalue weighted by molar-refractivity contribution is 7.17. The van der Waals surface area contributed by atoms with Crippen LogP contribution in [0.1, 0.15) is 38.1 Å². The van der Waals surface area contributed by atoms with Crippen LogP contribution in [0.25, 0.3) is 5.76 Å². The zero-order chi connectivity index (χ0) is 26.0. The van der Waals surface area contributed by atoms with E-state index in [9.17, 15) is 19.5 Å². The lowest BCUT2D eigenvalue weighted by Crippen LogP contribution is -2.29. The molecule has 1 aliphatic heterocycles. The summed E-state index contributed by atoms with van der Waals surface area (Å²) in [6.07, 6.45) is 4.51. The molecule has 1 aliphatic rings. The maximum Gasteiger partial charge on any atom is 0.350 e. The number of aryl methyl sites for hydroxylation is 2. The number of ether oxygens (including phenoxy) is 2. The van der Waals surface area contributed by atoms with Crippen molar-refractivity contribution < 1.29 is 29.0 Å². The third kappa shape index (κ3) is 4.38. The quantitative estimate of drug-likeness (QED) is 0.167. The van der Waals surface area contributed by atoms with Crippen molar-refractivity contribution in [2.45, 2.75) is 19.9 Å². The number of methoxy groups -OCH3 is 1. The van der Waals surface area contributed by atoms with E-state index in [2.05, 4.69) is 16.5 Å². The summed E-state index contributed by atoms with van der Waals surface area (Å²) in [6, 6.07) is 7.30. The maximum absolute atomic E-state index is 13.3. The number of hydrogen-bond donors (Lipinski definition) is 1. The molecule has 0 unspecified atom stereocenters. The van der Waals surface area contributed by atoms with Crippen molar-refractivity contribution in [1.29, 1.82) is 0 Å². The van der Waals surface area contributed by atoms with Crippen molar-refractivity contribution in [2.24, 2.45) is 0 Å². The number of amides is 1. The van der Waals surface area contributed by atoms with E-state index in [1.165, 1.54) is 24.3 Å². The van der Waals surface area contributed by atoms with Crippen LogP contribution in [-0.2, 0) is 14.3 Å². The summed E-state index contributed by atoms with van der Waals surface area (Å²) < 4.78 is 10.4. The normalized spacial score (nSPS) is 16.8.